The Labute approximate surface area is 281 Å². The fourth-order valence-electron chi connectivity index (χ4n) is 4.92. The molecule has 0 aromatic heterocycles. The number of amides is 2. The number of rotatable bonds is 18. The van der Waals surface area contributed by atoms with Crippen molar-refractivity contribution in [2.75, 3.05) is 34.0 Å². The summed E-state index contributed by atoms with van der Waals surface area (Å²) < 4.78 is 74.7. The van der Waals surface area contributed by atoms with E-state index in [9.17, 15) is 26.4 Å². The van der Waals surface area contributed by atoms with E-state index < -0.39 is 38.5 Å². The molecule has 0 bridgehead atoms. The van der Waals surface area contributed by atoms with Crippen molar-refractivity contribution in [3.05, 3.63) is 71.8 Å². The third kappa shape index (κ3) is 10.8. The molecule has 0 saturated heterocycles. The number of primary sulfonamides is 1. The van der Waals surface area contributed by atoms with Crippen LogP contribution in [0, 0.1) is 0 Å². The van der Waals surface area contributed by atoms with Crippen molar-refractivity contribution in [2.45, 2.75) is 55.5 Å². The highest BCUT2D eigenvalue weighted by Crippen LogP contribution is 2.28. The number of carbonyl (C=O) groups is 2. The minimum atomic E-state index is -4.22. The number of para-hydroxylation sites is 2. The fourth-order valence-corrected chi connectivity index (χ4v) is 7.07. The van der Waals surface area contributed by atoms with Gasteiger partial charge in [0.05, 0.1) is 27.4 Å². The van der Waals surface area contributed by atoms with Crippen molar-refractivity contribution < 1.29 is 45.4 Å². The molecule has 16 heteroatoms. The quantitative estimate of drug-likeness (QED) is 0.151. The van der Waals surface area contributed by atoms with Gasteiger partial charge in [-0.25, -0.2) is 26.7 Å². The standard InChI is InChI=1S/C32H42N4O10S2/c1-6-45-25-11-7-8-12-26(25)46-20-31(38)36-21(2)16-23-14-15-27(43-4)29(18-23)48(41,42)34-19-30(37)35-22(3)17-24-10-9-13-28(44-5)32(24)47(33,39)40/h7-15,18,21-22,34H,6,16-17,19-20H2,1-5H3,(H,35,37)(H,36,38)(H2,33,39,40). The number of sulfonamides is 2. The number of benzene rings is 3. The van der Waals surface area contributed by atoms with Gasteiger partial charge >= 0.3 is 0 Å². The van der Waals surface area contributed by atoms with Crippen LogP contribution >= 0.6 is 0 Å². The van der Waals surface area contributed by atoms with Crippen LogP contribution in [0.3, 0.4) is 0 Å². The summed E-state index contributed by atoms with van der Waals surface area (Å²) in [5.41, 5.74) is 0.922. The number of hydrogen-bond acceptors (Lipinski definition) is 10. The van der Waals surface area contributed by atoms with E-state index in [1.54, 1.807) is 56.3 Å². The molecule has 262 valence electrons. The van der Waals surface area contributed by atoms with Crippen LogP contribution in [0.2, 0.25) is 0 Å². The minimum absolute atomic E-state index is 0.0617. The van der Waals surface area contributed by atoms with E-state index in [1.165, 1.54) is 32.4 Å². The second-order valence-electron chi connectivity index (χ2n) is 10.8. The van der Waals surface area contributed by atoms with Crippen molar-refractivity contribution in [1.29, 1.82) is 0 Å². The molecule has 2 unspecified atom stereocenters. The Hall–Kier alpha value is -4.38. The van der Waals surface area contributed by atoms with E-state index >= 15 is 0 Å². The Balaban J connectivity index is 1.60. The molecule has 0 radical (unpaired) electrons. The van der Waals surface area contributed by atoms with Crippen molar-refractivity contribution in [3.63, 3.8) is 0 Å². The Bertz CT molecular complexity index is 1800. The van der Waals surface area contributed by atoms with Gasteiger partial charge in [-0.2, -0.15) is 0 Å². The Kier molecular flexibility index (Phi) is 13.6. The Morgan fingerprint density at radius 3 is 2.00 bits per heavy atom. The summed E-state index contributed by atoms with van der Waals surface area (Å²) in [7, 11) is -5.71. The number of ether oxygens (including phenoxy) is 4. The van der Waals surface area contributed by atoms with Gasteiger partial charge < -0.3 is 29.6 Å². The molecule has 0 spiro atoms. The van der Waals surface area contributed by atoms with Gasteiger partial charge in [-0.05, 0) is 75.1 Å². The molecule has 48 heavy (non-hydrogen) atoms. The van der Waals surface area contributed by atoms with Crippen molar-refractivity contribution >= 4 is 31.9 Å². The van der Waals surface area contributed by atoms with Crippen LogP contribution in [-0.4, -0.2) is 74.7 Å². The van der Waals surface area contributed by atoms with Crippen LogP contribution in [0.25, 0.3) is 0 Å². The van der Waals surface area contributed by atoms with Crippen LogP contribution in [0.15, 0.2) is 70.5 Å². The van der Waals surface area contributed by atoms with Gasteiger partial charge in [-0.1, -0.05) is 30.3 Å². The van der Waals surface area contributed by atoms with Crippen molar-refractivity contribution in [3.8, 4) is 23.0 Å². The predicted molar refractivity (Wildman–Crippen MR) is 178 cm³/mol. The largest absolute Gasteiger partial charge is 0.495 e. The molecule has 2 atom stereocenters. The average Bonchev–Trinajstić information content (AvgIpc) is 3.02. The zero-order valence-corrected chi connectivity index (χ0v) is 29.1. The molecule has 0 aliphatic heterocycles. The Morgan fingerprint density at radius 2 is 1.38 bits per heavy atom. The third-order valence-electron chi connectivity index (χ3n) is 6.90. The van der Waals surface area contributed by atoms with E-state index in [1.807, 2.05) is 6.92 Å². The van der Waals surface area contributed by atoms with Crippen LogP contribution in [0.1, 0.15) is 31.9 Å². The van der Waals surface area contributed by atoms with E-state index in [0.29, 0.717) is 29.2 Å². The van der Waals surface area contributed by atoms with Gasteiger partial charge in [0.2, 0.25) is 26.0 Å². The summed E-state index contributed by atoms with van der Waals surface area (Å²) in [5, 5.41) is 10.9. The summed E-state index contributed by atoms with van der Waals surface area (Å²) in [4.78, 5) is 24.9. The van der Waals surface area contributed by atoms with Gasteiger partial charge in [-0.3, -0.25) is 9.59 Å². The normalized spacial score (nSPS) is 12.8. The smallest absolute Gasteiger partial charge is 0.258 e. The van der Waals surface area contributed by atoms with Crippen LogP contribution in [0.5, 0.6) is 23.0 Å². The lowest BCUT2D eigenvalue weighted by atomic mass is 10.1. The number of nitrogens with two attached hydrogens (primary N) is 1. The molecular weight excluding hydrogens is 665 g/mol. The molecule has 3 rings (SSSR count). The third-order valence-corrected chi connectivity index (χ3v) is 9.35. The van der Waals surface area contributed by atoms with Crippen molar-refractivity contribution in [2.24, 2.45) is 5.14 Å². The average molecular weight is 707 g/mol. The van der Waals surface area contributed by atoms with Gasteiger partial charge in [-0.15, -0.1) is 0 Å². The zero-order chi connectivity index (χ0) is 35.5. The summed E-state index contributed by atoms with van der Waals surface area (Å²) in [6.07, 6.45) is 0.370. The summed E-state index contributed by atoms with van der Waals surface area (Å²) in [6.45, 7) is 4.86. The highest BCUT2D eigenvalue weighted by atomic mass is 32.2. The zero-order valence-electron chi connectivity index (χ0n) is 27.4. The molecule has 0 fully saturated rings. The van der Waals surface area contributed by atoms with Gasteiger partial charge in [0.25, 0.3) is 5.91 Å². The molecular formula is C32H42N4O10S2. The molecule has 5 N–H and O–H groups in total. The number of hydrogen-bond donors (Lipinski definition) is 4. The summed E-state index contributed by atoms with van der Waals surface area (Å²) >= 11 is 0. The molecule has 3 aromatic carbocycles. The predicted octanol–water partition coefficient (Wildman–Crippen LogP) is 1.90. The monoisotopic (exact) mass is 706 g/mol. The number of carbonyl (C=O) groups excluding carboxylic acids is 2. The maximum atomic E-state index is 13.3. The molecule has 0 heterocycles. The molecule has 0 aliphatic carbocycles. The first-order valence-corrected chi connectivity index (χ1v) is 18.0. The first-order valence-electron chi connectivity index (χ1n) is 15.0. The molecule has 0 aliphatic rings. The van der Waals surface area contributed by atoms with Crippen LogP contribution in [-0.2, 0) is 42.5 Å². The first-order chi connectivity index (χ1) is 22.7. The first kappa shape index (κ1) is 38.1. The fraction of sp³-hybridized carbons (Fsp3) is 0.375. The molecule has 14 nitrogen and oxygen atoms in total. The van der Waals surface area contributed by atoms with Gasteiger partial charge in [0.15, 0.2) is 18.1 Å². The topological polar surface area (TPSA) is 201 Å². The van der Waals surface area contributed by atoms with Crippen molar-refractivity contribution in [1.82, 2.24) is 15.4 Å². The maximum Gasteiger partial charge on any atom is 0.258 e. The SMILES string of the molecule is CCOc1ccccc1OCC(=O)NC(C)Cc1ccc(OC)c(S(=O)(=O)NCC(=O)NC(C)Cc2cccc(OC)c2S(N)(=O)=O)c1. The van der Waals surface area contributed by atoms with Gasteiger partial charge in [0.1, 0.15) is 21.3 Å². The van der Waals surface area contributed by atoms with E-state index in [0.717, 1.165) is 0 Å². The number of nitrogens with one attached hydrogen (secondary N) is 3. The highest BCUT2D eigenvalue weighted by molar-refractivity contribution is 7.89. The summed E-state index contributed by atoms with van der Waals surface area (Å²) in [5.74, 6) is 0.0821. The van der Waals surface area contributed by atoms with Crippen LogP contribution < -0.4 is 39.4 Å². The van der Waals surface area contributed by atoms with E-state index in [-0.39, 0.29) is 52.7 Å². The highest BCUT2D eigenvalue weighted by Gasteiger charge is 2.24. The van der Waals surface area contributed by atoms with E-state index in [4.69, 9.17) is 24.1 Å². The summed E-state index contributed by atoms with van der Waals surface area (Å²) in [6, 6.07) is 15.2. The second kappa shape index (κ2) is 17.1. The van der Waals surface area contributed by atoms with Gasteiger partial charge in [0, 0.05) is 12.1 Å². The number of methoxy groups -OCH3 is 2. The maximum absolute atomic E-state index is 13.3. The molecule has 2 amide bonds. The van der Waals surface area contributed by atoms with E-state index in [2.05, 4.69) is 15.4 Å². The second-order valence-corrected chi connectivity index (χ2v) is 14.1. The minimum Gasteiger partial charge on any atom is -0.495 e. The molecule has 0 saturated carbocycles. The Morgan fingerprint density at radius 1 is 0.771 bits per heavy atom. The lowest BCUT2D eigenvalue weighted by molar-refractivity contribution is -0.123. The lowest BCUT2D eigenvalue weighted by Crippen LogP contribution is -2.41. The lowest BCUT2D eigenvalue weighted by Gasteiger charge is -2.18. The molecule has 3 aromatic rings. The van der Waals surface area contributed by atoms with Crippen LogP contribution in [0.4, 0.5) is 0 Å².